The first kappa shape index (κ1) is 15.8. The van der Waals surface area contributed by atoms with E-state index < -0.39 is 5.91 Å². The fourth-order valence-corrected chi connectivity index (χ4v) is 4.64. The summed E-state index contributed by atoms with van der Waals surface area (Å²) in [4.78, 5) is 19.1. The molecule has 4 rings (SSSR count). The van der Waals surface area contributed by atoms with E-state index in [2.05, 4.69) is 10.3 Å². The summed E-state index contributed by atoms with van der Waals surface area (Å²) in [5.41, 5.74) is 0.191. The number of rotatable bonds is 3. The van der Waals surface area contributed by atoms with Crippen molar-refractivity contribution in [2.45, 2.75) is 4.90 Å². The summed E-state index contributed by atoms with van der Waals surface area (Å²) in [6.45, 7) is 0. The second-order valence-electron chi connectivity index (χ2n) is 5.24. The molecule has 3 aromatic rings. The van der Waals surface area contributed by atoms with Gasteiger partial charge in [0.05, 0.1) is 20.9 Å². The Bertz CT molecular complexity index is 949. The molecule has 8 heteroatoms. The number of thiophene rings is 1. The molecule has 0 spiro atoms. The number of carbonyl (C=O) groups excluding carboxylic acids is 1. The summed E-state index contributed by atoms with van der Waals surface area (Å²) in [6.07, 6.45) is 3.20. The van der Waals surface area contributed by atoms with Crippen molar-refractivity contribution in [2.75, 3.05) is 12.4 Å². The molecule has 0 bridgehead atoms. The van der Waals surface area contributed by atoms with Crippen molar-refractivity contribution in [1.29, 1.82) is 0 Å². The van der Waals surface area contributed by atoms with Crippen LogP contribution in [0.4, 0.5) is 5.82 Å². The Morgan fingerprint density at radius 2 is 2.20 bits per heavy atom. The standard InChI is InChI=1S/C17H13N3O3S2/c1-20-14(17(22)19-13-6-2-3-7-18-13)15(21)16-12(25-20)9-11(24-16)10-5-4-8-23-10/h2-9,21H,1H3,(H,18,19,22). The SMILES string of the molecule is CN1Sc2cc(-c3ccco3)sc2C(O)=C1C(=O)Nc1ccccn1. The summed E-state index contributed by atoms with van der Waals surface area (Å²) in [5, 5.41) is 13.4. The summed E-state index contributed by atoms with van der Waals surface area (Å²) in [5.74, 6) is 0.701. The molecule has 3 aromatic heterocycles. The first-order valence-electron chi connectivity index (χ1n) is 7.39. The van der Waals surface area contributed by atoms with Crippen LogP contribution in [-0.4, -0.2) is 27.4 Å². The van der Waals surface area contributed by atoms with Crippen LogP contribution in [0.2, 0.25) is 0 Å². The quantitative estimate of drug-likeness (QED) is 0.671. The summed E-state index contributed by atoms with van der Waals surface area (Å²) in [6, 6.07) is 10.9. The number of likely N-dealkylation sites (N-methyl/N-ethyl adjacent to an activating group) is 1. The normalized spacial score (nSPS) is 13.7. The molecule has 2 N–H and O–H groups in total. The van der Waals surface area contributed by atoms with Crippen LogP contribution in [0.3, 0.4) is 0 Å². The zero-order chi connectivity index (χ0) is 17.4. The van der Waals surface area contributed by atoms with Crippen LogP contribution >= 0.6 is 23.3 Å². The van der Waals surface area contributed by atoms with Gasteiger partial charge in [-0.15, -0.1) is 11.3 Å². The highest BCUT2D eigenvalue weighted by Crippen LogP contribution is 2.46. The van der Waals surface area contributed by atoms with Crippen LogP contribution in [-0.2, 0) is 4.79 Å². The van der Waals surface area contributed by atoms with E-state index in [1.165, 1.54) is 23.3 Å². The summed E-state index contributed by atoms with van der Waals surface area (Å²) >= 11 is 2.77. The Morgan fingerprint density at radius 3 is 2.92 bits per heavy atom. The van der Waals surface area contributed by atoms with Gasteiger partial charge in [0.1, 0.15) is 11.6 Å². The molecular weight excluding hydrogens is 358 g/mol. The molecule has 0 fully saturated rings. The molecule has 126 valence electrons. The average molecular weight is 371 g/mol. The monoisotopic (exact) mass is 371 g/mol. The molecule has 0 aromatic carbocycles. The van der Waals surface area contributed by atoms with Gasteiger partial charge in [-0.2, -0.15) is 0 Å². The van der Waals surface area contributed by atoms with Gasteiger partial charge < -0.3 is 19.1 Å². The maximum absolute atomic E-state index is 12.6. The molecule has 25 heavy (non-hydrogen) atoms. The third-order valence-electron chi connectivity index (χ3n) is 3.57. The molecule has 1 amide bonds. The van der Waals surface area contributed by atoms with Crippen molar-refractivity contribution >= 4 is 40.8 Å². The van der Waals surface area contributed by atoms with E-state index >= 15 is 0 Å². The first-order chi connectivity index (χ1) is 12.1. The van der Waals surface area contributed by atoms with Crippen molar-refractivity contribution in [3.63, 3.8) is 0 Å². The number of pyridine rings is 1. The molecular formula is C17H13N3O3S2. The summed E-state index contributed by atoms with van der Waals surface area (Å²) < 4.78 is 7.06. The molecule has 0 atom stereocenters. The molecule has 1 aliphatic rings. The van der Waals surface area contributed by atoms with E-state index in [-0.39, 0.29) is 11.5 Å². The number of aliphatic hydroxyl groups is 1. The van der Waals surface area contributed by atoms with Crippen molar-refractivity contribution in [3.05, 3.63) is 59.4 Å². The maximum atomic E-state index is 12.6. The number of aromatic nitrogens is 1. The van der Waals surface area contributed by atoms with Crippen molar-refractivity contribution < 1.29 is 14.3 Å². The lowest BCUT2D eigenvalue weighted by Gasteiger charge is -2.25. The fourth-order valence-electron chi connectivity index (χ4n) is 2.46. The largest absolute Gasteiger partial charge is 0.504 e. The molecule has 1 aliphatic heterocycles. The number of nitrogens with zero attached hydrogens (tertiary/aromatic N) is 2. The van der Waals surface area contributed by atoms with E-state index in [4.69, 9.17) is 4.42 Å². The molecule has 0 unspecified atom stereocenters. The van der Waals surface area contributed by atoms with Crippen molar-refractivity contribution in [3.8, 4) is 10.6 Å². The van der Waals surface area contributed by atoms with Gasteiger partial charge in [0.2, 0.25) is 0 Å². The van der Waals surface area contributed by atoms with Gasteiger partial charge in [-0.05, 0) is 42.3 Å². The Kier molecular flexibility index (Phi) is 3.98. The van der Waals surface area contributed by atoms with Crippen LogP contribution in [0.1, 0.15) is 4.88 Å². The highest BCUT2D eigenvalue weighted by Gasteiger charge is 2.31. The lowest BCUT2D eigenvalue weighted by Crippen LogP contribution is -2.27. The van der Waals surface area contributed by atoms with E-state index in [9.17, 15) is 9.90 Å². The average Bonchev–Trinajstić information content (AvgIpc) is 3.24. The molecule has 6 nitrogen and oxygen atoms in total. The van der Waals surface area contributed by atoms with Gasteiger partial charge in [-0.25, -0.2) is 4.98 Å². The lowest BCUT2D eigenvalue weighted by molar-refractivity contribution is -0.113. The van der Waals surface area contributed by atoms with Gasteiger partial charge in [-0.1, -0.05) is 6.07 Å². The van der Waals surface area contributed by atoms with Crippen LogP contribution in [0, 0.1) is 0 Å². The molecule has 0 saturated carbocycles. The highest BCUT2D eigenvalue weighted by atomic mass is 32.2. The minimum absolute atomic E-state index is 0.0486. The molecule has 4 heterocycles. The number of hydrogen-bond acceptors (Lipinski definition) is 7. The first-order valence-corrected chi connectivity index (χ1v) is 8.98. The van der Waals surface area contributed by atoms with Crippen molar-refractivity contribution in [2.24, 2.45) is 0 Å². The van der Waals surface area contributed by atoms with E-state index in [1.54, 1.807) is 42.0 Å². The Morgan fingerprint density at radius 1 is 1.32 bits per heavy atom. The van der Waals surface area contributed by atoms with E-state index in [0.717, 1.165) is 15.5 Å². The number of carbonyl (C=O) groups is 1. The molecule has 0 saturated heterocycles. The number of amides is 1. The van der Waals surface area contributed by atoms with Gasteiger partial charge in [0, 0.05) is 13.2 Å². The third-order valence-corrected chi connectivity index (χ3v) is 5.83. The zero-order valence-electron chi connectivity index (χ0n) is 13.1. The maximum Gasteiger partial charge on any atom is 0.277 e. The van der Waals surface area contributed by atoms with Crippen LogP contribution in [0.25, 0.3) is 16.4 Å². The van der Waals surface area contributed by atoms with E-state index in [0.29, 0.717) is 10.7 Å². The second-order valence-corrected chi connectivity index (χ2v) is 7.46. The third kappa shape index (κ3) is 2.90. The number of anilines is 1. The highest BCUT2D eigenvalue weighted by molar-refractivity contribution is 7.97. The number of hydrogen-bond donors (Lipinski definition) is 2. The fraction of sp³-hybridized carbons (Fsp3) is 0.0588. The van der Waals surface area contributed by atoms with Gasteiger partial charge in [0.25, 0.3) is 5.91 Å². The van der Waals surface area contributed by atoms with Crippen LogP contribution in [0.5, 0.6) is 0 Å². The predicted molar refractivity (Wildman–Crippen MR) is 98.1 cm³/mol. The van der Waals surface area contributed by atoms with Crippen LogP contribution in [0.15, 0.2) is 63.9 Å². The van der Waals surface area contributed by atoms with Gasteiger partial charge in [0.15, 0.2) is 11.5 Å². The second kappa shape index (κ2) is 6.30. The Hall–Kier alpha value is -2.71. The zero-order valence-corrected chi connectivity index (χ0v) is 14.7. The topological polar surface area (TPSA) is 78.6 Å². The van der Waals surface area contributed by atoms with Crippen LogP contribution < -0.4 is 5.32 Å². The number of furan rings is 1. The predicted octanol–water partition coefficient (Wildman–Crippen LogP) is 4.22. The minimum atomic E-state index is -0.412. The Labute approximate surface area is 151 Å². The van der Waals surface area contributed by atoms with Gasteiger partial charge in [-0.3, -0.25) is 4.79 Å². The Balaban J connectivity index is 1.69. The lowest BCUT2D eigenvalue weighted by atomic mass is 10.2. The molecule has 0 aliphatic carbocycles. The van der Waals surface area contributed by atoms with E-state index in [1.807, 2.05) is 18.2 Å². The number of fused-ring (bicyclic) bond motifs is 1. The number of nitrogens with one attached hydrogen (secondary N) is 1. The summed E-state index contributed by atoms with van der Waals surface area (Å²) in [7, 11) is 1.74. The van der Waals surface area contributed by atoms with Gasteiger partial charge >= 0.3 is 0 Å². The molecule has 0 radical (unpaired) electrons. The number of aliphatic hydroxyl groups excluding tert-OH is 1. The minimum Gasteiger partial charge on any atom is -0.504 e. The smallest absolute Gasteiger partial charge is 0.277 e. The van der Waals surface area contributed by atoms with Crippen molar-refractivity contribution in [1.82, 2.24) is 9.29 Å².